The minimum absolute atomic E-state index is 0.109. The van der Waals surface area contributed by atoms with Crippen molar-refractivity contribution in [2.45, 2.75) is 42.6 Å². The number of ether oxygens (including phenoxy) is 2. The highest BCUT2D eigenvalue weighted by molar-refractivity contribution is 8.00. The zero-order valence-corrected chi connectivity index (χ0v) is 16.3. The van der Waals surface area contributed by atoms with Crippen molar-refractivity contribution in [3.63, 3.8) is 0 Å². The molecule has 0 aliphatic carbocycles. The molecule has 2 atom stereocenters. The number of hydrogen-bond donors (Lipinski definition) is 0. The first-order chi connectivity index (χ1) is 13.0. The smallest absolute Gasteiger partial charge is 0.375 e. The Labute approximate surface area is 163 Å². The number of cyclic esters (lactones) is 1. The first kappa shape index (κ1) is 18.0. The van der Waals surface area contributed by atoms with E-state index in [1.807, 2.05) is 25.1 Å². The Morgan fingerprint density at radius 3 is 2.89 bits per heavy atom. The molecular weight excluding hydrogens is 388 g/mol. The lowest BCUT2D eigenvalue weighted by molar-refractivity contribution is -0.147. The van der Waals surface area contributed by atoms with Crippen molar-refractivity contribution in [3.8, 4) is 0 Å². The molecule has 0 bridgehead atoms. The van der Waals surface area contributed by atoms with Gasteiger partial charge < -0.3 is 13.9 Å². The molecule has 3 heterocycles. The first-order valence-corrected chi connectivity index (χ1v) is 10.2. The van der Waals surface area contributed by atoms with Gasteiger partial charge in [0.2, 0.25) is 11.9 Å². The van der Waals surface area contributed by atoms with Crippen LogP contribution in [0.3, 0.4) is 0 Å². The van der Waals surface area contributed by atoms with E-state index in [1.165, 1.54) is 23.1 Å². The van der Waals surface area contributed by atoms with Crippen molar-refractivity contribution in [3.05, 3.63) is 40.6 Å². The maximum Gasteiger partial charge on any atom is 0.375 e. The van der Waals surface area contributed by atoms with Gasteiger partial charge in [-0.3, -0.25) is 0 Å². The van der Waals surface area contributed by atoms with E-state index in [1.54, 1.807) is 13.0 Å². The summed E-state index contributed by atoms with van der Waals surface area (Å²) in [6, 6.07) is 7.40. The second kappa shape index (κ2) is 7.32. The molecule has 1 saturated heterocycles. The molecule has 1 aromatic carbocycles. The molecule has 0 radical (unpaired) electrons. The Kier molecular flexibility index (Phi) is 4.88. The third kappa shape index (κ3) is 3.70. The monoisotopic (exact) mass is 404 g/mol. The molecule has 3 aromatic rings. The fourth-order valence-electron chi connectivity index (χ4n) is 2.88. The van der Waals surface area contributed by atoms with Gasteiger partial charge in [0.1, 0.15) is 16.7 Å². The minimum Gasteiger partial charge on any atom is -0.460 e. The first-order valence-electron chi connectivity index (χ1n) is 8.36. The summed E-state index contributed by atoms with van der Waals surface area (Å²) in [6.07, 6.45) is -0.812. The standard InChI is InChI=1S/C18H16N2O5S2/c1-9-7-14(16(21)23-9)25-17(22)15-12(8-26-18-20-19-10(2)27-18)11-5-3-4-6-13(11)24-15/h3-6,9,14H,7-8H2,1-2H3. The van der Waals surface area contributed by atoms with Crippen LogP contribution in [0.4, 0.5) is 0 Å². The number of thioether (sulfide) groups is 1. The summed E-state index contributed by atoms with van der Waals surface area (Å²) in [6.45, 7) is 3.65. The molecule has 27 heavy (non-hydrogen) atoms. The number of nitrogens with zero attached hydrogens (tertiary/aromatic N) is 2. The van der Waals surface area contributed by atoms with Crippen LogP contribution in [0.25, 0.3) is 11.0 Å². The summed E-state index contributed by atoms with van der Waals surface area (Å²) in [5, 5.41) is 9.81. The topological polar surface area (TPSA) is 91.5 Å². The third-order valence-corrected chi connectivity index (χ3v) is 6.11. The lowest BCUT2D eigenvalue weighted by Crippen LogP contribution is -2.23. The van der Waals surface area contributed by atoms with Crippen LogP contribution in [0.2, 0.25) is 0 Å². The highest BCUT2D eigenvalue weighted by atomic mass is 32.2. The van der Waals surface area contributed by atoms with Crippen molar-refractivity contribution in [1.82, 2.24) is 10.2 Å². The van der Waals surface area contributed by atoms with Crippen molar-refractivity contribution in [1.29, 1.82) is 0 Å². The van der Waals surface area contributed by atoms with Gasteiger partial charge >= 0.3 is 11.9 Å². The Bertz CT molecular complexity index is 1010. The number of esters is 2. The summed E-state index contributed by atoms with van der Waals surface area (Å²) in [5.41, 5.74) is 1.31. The van der Waals surface area contributed by atoms with Crippen molar-refractivity contribution < 1.29 is 23.5 Å². The highest BCUT2D eigenvalue weighted by Crippen LogP contribution is 2.34. The van der Waals surface area contributed by atoms with Crippen LogP contribution in [0.1, 0.15) is 34.5 Å². The predicted molar refractivity (Wildman–Crippen MR) is 99.8 cm³/mol. The van der Waals surface area contributed by atoms with Crippen LogP contribution in [-0.2, 0) is 20.0 Å². The summed E-state index contributed by atoms with van der Waals surface area (Å²) < 4.78 is 17.0. The second-order valence-corrected chi connectivity index (χ2v) is 8.56. The molecule has 0 spiro atoms. The van der Waals surface area contributed by atoms with Gasteiger partial charge in [-0.2, -0.15) is 0 Å². The van der Waals surface area contributed by atoms with E-state index < -0.39 is 18.0 Å². The summed E-state index contributed by atoms with van der Waals surface area (Å²) in [4.78, 5) is 24.5. The van der Waals surface area contributed by atoms with E-state index in [9.17, 15) is 9.59 Å². The van der Waals surface area contributed by atoms with Crippen molar-refractivity contribution in [2.24, 2.45) is 0 Å². The Hall–Kier alpha value is -2.39. The van der Waals surface area contributed by atoms with E-state index in [4.69, 9.17) is 13.9 Å². The average Bonchev–Trinajstić information content (AvgIpc) is 3.30. The van der Waals surface area contributed by atoms with Gasteiger partial charge in [0, 0.05) is 23.1 Å². The van der Waals surface area contributed by atoms with Crippen LogP contribution in [-0.4, -0.2) is 34.3 Å². The molecule has 0 N–H and O–H groups in total. The third-order valence-electron chi connectivity index (χ3n) is 4.11. The zero-order valence-electron chi connectivity index (χ0n) is 14.6. The molecule has 140 valence electrons. The molecular formula is C18H16N2O5S2. The average molecular weight is 404 g/mol. The number of aromatic nitrogens is 2. The predicted octanol–water partition coefficient (Wildman–Crippen LogP) is 3.75. The van der Waals surface area contributed by atoms with Crippen molar-refractivity contribution >= 4 is 46.0 Å². The van der Waals surface area contributed by atoms with E-state index in [0.29, 0.717) is 23.3 Å². The van der Waals surface area contributed by atoms with E-state index in [2.05, 4.69) is 10.2 Å². The number of carbonyl (C=O) groups is 2. The number of rotatable bonds is 5. The summed E-state index contributed by atoms with van der Waals surface area (Å²) in [7, 11) is 0. The van der Waals surface area contributed by atoms with E-state index in [0.717, 1.165) is 14.7 Å². The molecule has 2 unspecified atom stereocenters. The number of hydrogen-bond acceptors (Lipinski definition) is 9. The van der Waals surface area contributed by atoms with E-state index in [-0.39, 0.29) is 11.9 Å². The van der Waals surface area contributed by atoms with Crippen LogP contribution in [0.5, 0.6) is 0 Å². The summed E-state index contributed by atoms with van der Waals surface area (Å²) in [5.74, 6) is -0.600. The van der Waals surface area contributed by atoms with Crippen molar-refractivity contribution in [2.75, 3.05) is 0 Å². The van der Waals surface area contributed by atoms with Gasteiger partial charge in [-0.05, 0) is 19.9 Å². The van der Waals surface area contributed by atoms with Crippen LogP contribution >= 0.6 is 23.1 Å². The highest BCUT2D eigenvalue weighted by Gasteiger charge is 2.36. The Morgan fingerprint density at radius 2 is 2.19 bits per heavy atom. The fraction of sp³-hybridized carbons (Fsp3) is 0.333. The van der Waals surface area contributed by atoms with Gasteiger partial charge in [-0.15, -0.1) is 10.2 Å². The molecule has 1 fully saturated rings. The van der Waals surface area contributed by atoms with Crippen LogP contribution < -0.4 is 0 Å². The quantitative estimate of drug-likeness (QED) is 0.469. The van der Waals surface area contributed by atoms with Crippen LogP contribution in [0.15, 0.2) is 33.0 Å². The molecule has 7 nitrogen and oxygen atoms in total. The number of para-hydroxylation sites is 1. The number of carbonyl (C=O) groups excluding carboxylic acids is 2. The van der Waals surface area contributed by atoms with Gasteiger partial charge in [0.15, 0.2) is 4.34 Å². The van der Waals surface area contributed by atoms with Gasteiger partial charge in [0.25, 0.3) is 0 Å². The van der Waals surface area contributed by atoms with Gasteiger partial charge in [0.05, 0.1) is 0 Å². The summed E-state index contributed by atoms with van der Waals surface area (Å²) >= 11 is 2.96. The SMILES string of the molecule is Cc1nnc(SCc2c(C(=O)OC3CC(C)OC3=O)oc3ccccc23)s1. The number of benzene rings is 1. The minimum atomic E-state index is -0.896. The Morgan fingerprint density at radius 1 is 1.37 bits per heavy atom. The molecule has 1 aliphatic rings. The number of furan rings is 1. The lowest BCUT2D eigenvalue weighted by Gasteiger charge is -2.07. The largest absolute Gasteiger partial charge is 0.460 e. The maximum atomic E-state index is 12.7. The molecule has 0 saturated carbocycles. The van der Waals surface area contributed by atoms with Gasteiger partial charge in [-0.1, -0.05) is 41.3 Å². The zero-order chi connectivity index (χ0) is 19.0. The normalized spacial score (nSPS) is 19.4. The lowest BCUT2D eigenvalue weighted by atomic mass is 10.1. The number of aryl methyl sites for hydroxylation is 1. The molecule has 1 aliphatic heterocycles. The van der Waals surface area contributed by atoms with Crippen LogP contribution in [0, 0.1) is 6.92 Å². The van der Waals surface area contributed by atoms with Gasteiger partial charge in [-0.25, -0.2) is 9.59 Å². The molecule has 4 rings (SSSR count). The molecule has 9 heteroatoms. The van der Waals surface area contributed by atoms with E-state index >= 15 is 0 Å². The molecule has 2 aromatic heterocycles. The fourth-order valence-corrected chi connectivity index (χ4v) is 4.72. The maximum absolute atomic E-state index is 12.7. The Balaban J connectivity index is 1.61. The molecule has 0 amide bonds. The number of fused-ring (bicyclic) bond motifs is 1. The second-order valence-electron chi connectivity index (χ2n) is 6.16.